The van der Waals surface area contributed by atoms with E-state index in [1.165, 1.54) is 5.56 Å². The summed E-state index contributed by atoms with van der Waals surface area (Å²) < 4.78 is 0. The molecule has 25 heavy (non-hydrogen) atoms. The van der Waals surface area contributed by atoms with Gasteiger partial charge in [0.2, 0.25) is 5.91 Å². The quantitative estimate of drug-likeness (QED) is 0.805. The van der Waals surface area contributed by atoms with E-state index in [4.69, 9.17) is 0 Å². The number of fused-ring (bicyclic) bond motifs is 2. The van der Waals surface area contributed by atoms with Gasteiger partial charge in [0.15, 0.2) is 0 Å². The molecular weight excluding hydrogens is 314 g/mol. The van der Waals surface area contributed by atoms with Gasteiger partial charge in [-0.1, -0.05) is 18.2 Å². The summed E-state index contributed by atoms with van der Waals surface area (Å²) in [5.74, 6) is 0.0834. The van der Waals surface area contributed by atoms with Crippen LogP contribution in [-0.2, 0) is 24.2 Å². The average molecular weight is 335 g/mol. The fourth-order valence-electron chi connectivity index (χ4n) is 3.84. The highest BCUT2D eigenvalue weighted by atomic mass is 16.2. The zero-order chi connectivity index (χ0) is 17.4. The summed E-state index contributed by atoms with van der Waals surface area (Å²) in [4.78, 5) is 32.9. The molecule has 2 aliphatic heterocycles. The third-order valence-electron chi connectivity index (χ3n) is 5.17. The molecule has 0 bridgehead atoms. The summed E-state index contributed by atoms with van der Waals surface area (Å²) in [6, 6.07) is 8.12. The number of rotatable bonds is 1. The number of anilines is 1. The summed E-state index contributed by atoms with van der Waals surface area (Å²) in [5, 5.41) is 0. The topological polar surface area (TPSA) is 53.5 Å². The molecule has 0 spiro atoms. The number of para-hydroxylation sites is 1. The van der Waals surface area contributed by atoms with Crippen LogP contribution in [0, 0.1) is 0 Å². The number of hydrogen-bond donors (Lipinski definition) is 0. The molecule has 0 saturated carbocycles. The van der Waals surface area contributed by atoms with Gasteiger partial charge in [-0.3, -0.25) is 14.6 Å². The number of amides is 2. The Bertz CT molecular complexity index is 847. The SMILES string of the molecule is CC(=O)N1CCc2c(cncc2C(=O)N2CCCc3ccccc32)C1. The molecule has 0 aliphatic carbocycles. The first-order chi connectivity index (χ1) is 12.1. The standard InChI is InChI=1S/C20H21N3O2/c1-14(24)22-10-8-17-16(13-22)11-21-12-18(17)20(25)23-9-4-6-15-5-2-3-7-19(15)23/h2-3,5,7,11-12H,4,6,8-10,13H2,1H3. The number of hydrogen-bond acceptors (Lipinski definition) is 3. The van der Waals surface area contributed by atoms with Crippen LogP contribution in [0.2, 0.25) is 0 Å². The molecule has 5 nitrogen and oxygen atoms in total. The van der Waals surface area contributed by atoms with Gasteiger partial charge in [-0.25, -0.2) is 0 Å². The lowest BCUT2D eigenvalue weighted by Gasteiger charge is -2.32. The summed E-state index contributed by atoms with van der Waals surface area (Å²) in [6.07, 6.45) is 6.16. The number of nitrogens with zero attached hydrogens (tertiary/aromatic N) is 3. The van der Waals surface area contributed by atoms with Crippen molar-refractivity contribution in [3.8, 4) is 0 Å². The van der Waals surface area contributed by atoms with Crippen LogP contribution in [0.3, 0.4) is 0 Å². The summed E-state index contributed by atoms with van der Waals surface area (Å²) in [7, 11) is 0. The van der Waals surface area contributed by atoms with E-state index >= 15 is 0 Å². The van der Waals surface area contributed by atoms with E-state index in [-0.39, 0.29) is 11.8 Å². The largest absolute Gasteiger partial charge is 0.338 e. The normalized spacial score (nSPS) is 16.2. The van der Waals surface area contributed by atoms with Crippen LogP contribution in [0.5, 0.6) is 0 Å². The molecule has 1 aromatic heterocycles. The van der Waals surface area contributed by atoms with Crippen LogP contribution >= 0.6 is 0 Å². The second-order valence-electron chi connectivity index (χ2n) is 6.70. The maximum absolute atomic E-state index is 13.3. The first-order valence-electron chi connectivity index (χ1n) is 8.76. The van der Waals surface area contributed by atoms with Crippen molar-refractivity contribution >= 4 is 17.5 Å². The van der Waals surface area contributed by atoms with Crippen molar-refractivity contribution in [1.29, 1.82) is 0 Å². The number of aromatic nitrogens is 1. The third-order valence-corrected chi connectivity index (χ3v) is 5.17. The first kappa shape index (κ1) is 15.8. The Hall–Kier alpha value is -2.69. The number of benzene rings is 1. The lowest BCUT2D eigenvalue weighted by Crippen LogP contribution is -2.38. The van der Waals surface area contributed by atoms with E-state index in [0.717, 1.165) is 36.2 Å². The number of aryl methyl sites for hydroxylation is 1. The molecule has 128 valence electrons. The van der Waals surface area contributed by atoms with E-state index in [1.54, 1.807) is 24.2 Å². The second kappa shape index (κ2) is 6.31. The monoisotopic (exact) mass is 335 g/mol. The molecule has 0 radical (unpaired) electrons. The fourth-order valence-corrected chi connectivity index (χ4v) is 3.84. The third kappa shape index (κ3) is 2.80. The number of carbonyl (C=O) groups excluding carboxylic acids is 2. The smallest absolute Gasteiger partial charge is 0.260 e. The van der Waals surface area contributed by atoms with E-state index in [9.17, 15) is 9.59 Å². The molecule has 3 heterocycles. The predicted molar refractivity (Wildman–Crippen MR) is 95.5 cm³/mol. The molecular formula is C20H21N3O2. The molecule has 2 amide bonds. The zero-order valence-corrected chi connectivity index (χ0v) is 14.4. The second-order valence-corrected chi connectivity index (χ2v) is 6.70. The van der Waals surface area contributed by atoms with Gasteiger partial charge in [0, 0.05) is 44.6 Å². The minimum absolute atomic E-state index is 0.0211. The van der Waals surface area contributed by atoms with E-state index < -0.39 is 0 Å². The maximum atomic E-state index is 13.3. The number of carbonyl (C=O) groups is 2. The lowest BCUT2D eigenvalue weighted by molar-refractivity contribution is -0.129. The number of pyridine rings is 1. The van der Waals surface area contributed by atoms with Crippen LogP contribution in [-0.4, -0.2) is 34.8 Å². The van der Waals surface area contributed by atoms with Crippen LogP contribution in [0.1, 0.15) is 40.4 Å². The Labute approximate surface area is 147 Å². The van der Waals surface area contributed by atoms with Gasteiger partial charge in [-0.05, 0) is 42.0 Å². The predicted octanol–water partition coefficient (Wildman–Crippen LogP) is 2.58. The molecule has 4 rings (SSSR count). The average Bonchev–Trinajstić information content (AvgIpc) is 2.66. The molecule has 2 aromatic rings. The molecule has 2 aliphatic rings. The van der Waals surface area contributed by atoms with Gasteiger partial charge in [-0.2, -0.15) is 0 Å². The molecule has 0 saturated heterocycles. The van der Waals surface area contributed by atoms with E-state index in [0.29, 0.717) is 25.1 Å². The van der Waals surface area contributed by atoms with Gasteiger partial charge < -0.3 is 9.80 Å². The molecule has 0 unspecified atom stereocenters. The Morgan fingerprint density at radius 2 is 1.88 bits per heavy atom. The van der Waals surface area contributed by atoms with Crippen molar-refractivity contribution in [2.75, 3.05) is 18.0 Å². The van der Waals surface area contributed by atoms with E-state index in [1.807, 2.05) is 23.1 Å². The zero-order valence-electron chi connectivity index (χ0n) is 14.4. The highest BCUT2D eigenvalue weighted by Crippen LogP contribution is 2.30. The summed E-state index contributed by atoms with van der Waals surface area (Å²) >= 11 is 0. The van der Waals surface area contributed by atoms with Crippen LogP contribution in [0.4, 0.5) is 5.69 Å². The minimum Gasteiger partial charge on any atom is -0.338 e. The summed E-state index contributed by atoms with van der Waals surface area (Å²) in [6.45, 7) is 3.51. The van der Waals surface area contributed by atoms with Crippen molar-refractivity contribution in [2.45, 2.75) is 32.7 Å². The van der Waals surface area contributed by atoms with Crippen LogP contribution < -0.4 is 4.90 Å². The van der Waals surface area contributed by atoms with Gasteiger partial charge in [-0.15, -0.1) is 0 Å². The van der Waals surface area contributed by atoms with Crippen molar-refractivity contribution in [2.24, 2.45) is 0 Å². The fraction of sp³-hybridized carbons (Fsp3) is 0.350. The molecule has 5 heteroatoms. The Kier molecular flexibility index (Phi) is 3.99. The Morgan fingerprint density at radius 1 is 1.04 bits per heavy atom. The summed E-state index contributed by atoms with van der Waals surface area (Å²) in [5.41, 5.74) is 4.94. The van der Waals surface area contributed by atoms with Crippen LogP contribution in [0.25, 0.3) is 0 Å². The van der Waals surface area contributed by atoms with E-state index in [2.05, 4.69) is 11.1 Å². The minimum atomic E-state index is 0.0211. The highest BCUT2D eigenvalue weighted by molar-refractivity contribution is 6.07. The van der Waals surface area contributed by atoms with Crippen LogP contribution in [0.15, 0.2) is 36.7 Å². The molecule has 0 atom stereocenters. The molecule has 0 N–H and O–H groups in total. The maximum Gasteiger partial charge on any atom is 0.260 e. The highest BCUT2D eigenvalue weighted by Gasteiger charge is 2.28. The van der Waals surface area contributed by atoms with Crippen molar-refractivity contribution in [3.63, 3.8) is 0 Å². The molecule has 0 fully saturated rings. The Morgan fingerprint density at radius 3 is 2.72 bits per heavy atom. The molecule has 1 aromatic carbocycles. The first-order valence-corrected chi connectivity index (χ1v) is 8.76. The lowest BCUT2D eigenvalue weighted by atomic mass is 9.95. The van der Waals surface area contributed by atoms with Gasteiger partial charge in [0.25, 0.3) is 5.91 Å². The Balaban J connectivity index is 1.69. The van der Waals surface area contributed by atoms with Gasteiger partial charge in [0.1, 0.15) is 0 Å². The van der Waals surface area contributed by atoms with Gasteiger partial charge >= 0.3 is 0 Å². The van der Waals surface area contributed by atoms with Crippen molar-refractivity contribution in [3.05, 3.63) is 58.9 Å². The van der Waals surface area contributed by atoms with Gasteiger partial charge in [0.05, 0.1) is 5.56 Å². The van der Waals surface area contributed by atoms with Crippen molar-refractivity contribution < 1.29 is 9.59 Å². The van der Waals surface area contributed by atoms with Crippen molar-refractivity contribution in [1.82, 2.24) is 9.88 Å².